The van der Waals surface area contributed by atoms with E-state index < -0.39 is 16.1 Å². The standard InChI is InChI=1S/C23H26ClN7O5S/c1-15(16-3-4-18-19(9-16)36-14-35-18)26-22(32)10-17-12-30(37(2,33)34)7-8-31(17)21-11-20(24)27-23(28-21)29-6-5-25-13-29/h3-6,9,11,13,15,17H,7-8,10,12,14H2,1-2H3,(H,26,32). The Morgan fingerprint density at radius 3 is 2.78 bits per heavy atom. The van der Waals surface area contributed by atoms with Gasteiger partial charge in [-0.15, -0.1) is 0 Å². The summed E-state index contributed by atoms with van der Waals surface area (Å²) in [5.41, 5.74) is 0.864. The molecular formula is C23H26ClN7O5S. The number of sulfonamides is 1. The highest BCUT2D eigenvalue weighted by atomic mass is 35.5. The first-order valence-electron chi connectivity index (χ1n) is 11.6. The number of aromatic nitrogens is 4. The van der Waals surface area contributed by atoms with Crippen molar-refractivity contribution in [1.29, 1.82) is 0 Å². The number of imidazole rings is 1. The number of hydrogen-bond donors (Lipinski definition) is 1. The number of carbonyl (C=O) groups is 1. The van der Waals surface area contributed by atoms with Crippen LogP contribution in [0.15, 0.2) is 43.0 Å². The number of hydrogen-bond acceptors (Lipinski definition) is 9. The van der Waals surface area contributed by atoms with E-state index in [1.807, 2.05) is 30.0 Å². The second-order valence-electron chi connectivity index (χ2n) is 8.89. The molecule has 5 rings (SSSR count). The van der Waals surface area contributed by atoms with Crippen LogP contribution in [0.3, 0.4) is 0 Å². The number of halogens is 1. The minimum atomic E-state index is -3.45. The maximum atomic E-state index is 13.1. The van der Waals surface area contributed by atoms with Gasteiger partial charge in [0.15, 0.2) is 11.5 Å². The predicted octanol–water partition coefficient (Wildman–Crippen LogP) is 1.76. The van der Waals surface area contributed by atoms with Crippen LogP contribution in [0.4, 0.5) is 5.82 Å². The van der Waals surface area contributed by atoms with Gasteiger partial charge in [0.1, 0.15) is 17.3 Å². The highest BCUT2D eigenvalue weighted by molar-refractivity contribution is 7.88. The Bertz CT molecular complexity index is 1400. The van der Waals surface area contributed by atoms with Crippen LogP contribution in [0, 0.1) is 0 Å². The zero-order valence-corrected chi connectivity index (χ0v) is 21.8. The van der Waals surface area contributed by atoms with E-state index >= 15 is 0 Å². The molecule has 1 saturated heterocycles. The summed E-state index contributed by atoms with van der Waals surface area (Å²) in [5, 5.41) is 3.23. The Labute approximate surface area is 219 Å². The number of amides is 1. The van der Waals surface area contributed by atoms with Crippen molar-refractivity contribution >= 4 is 33.3 Å². The fourth-order valence-electron chi connectivity index (χ4n) is 4.42. The van der Waals surface area contributed by atoms with E-state index in [0.29, 0.717) is 29.8 Å². The third-order valence-electron chi connectivity index (χ3n) is 6.31. The first-order valence-corrected chi connectivity index (χ1v) is 13.8. The summed E-state index contributed by atoms with van der Waals surface area (Å²) < 4.78 is 38.4. The number of benzene rings is 1. The minimum Gasteiger partial charge on any atom is -0.454 e. The van der Waals surface area contributed by atoms with Crippen LogP contribution in [0.25, 0.3) is 5.95 Å². The molecule has 0 radical (unpaired) electrons. The monoisotopic (exact) mass is 547 g/mol. The van der Waals surface area contributed by atoms with Crippen LogP contribution in [0.1, 0.15) is 24.9 Å². The van der Waals surface area contributed by atoms with Crippen LogP contribution in [0.2, 0.25) is 5.15 Å². The predicted molar refractivity (Wildman–Crippen MR) is 135 cm³/mol. The molecule has 0 aliphatic carbocycles. The molecule has 2 aliphatic heterocycles. The van der Waals surface area contributed by atoms with Gasteiger partial charge in [0.2, 0.25) is 28.7 Å². The van der Waals surface area contributed by atoms with Gasteiger partial charge in [-0.25, -0.2) is 18.4 Å². The number of fused-ring (bicyclic) bond motifs is 1. The highest BCUT2D eigenvalue weighted by Crippen LogP contribution is 2.34. The van der Waals surface area contributed by atoms with Gasteiger partial charge in [-0.3, -0.25) is 9.36 Å². The third kappa shape index (κ3) is 5.63. The molecule has 1 N–H and O–H groups in total. The average molecular weight is 548 g/mol. The topological polar surface area (TPSA) is 132 Å². The molecule has 196 valence electrons. The third-order valence-corrected chi connectivity index (χ3v) is 7.77. The van der Waals surface area contributed by atoms with E-state index in [1.165, 1.54) is 10.6 Å². The SMILES string of the molecule is CC(NC(=O)CC1CN(S(C)(=O)=O)CCN1c1cc(Cl)nc(-n2ccnc2)n1)c1ccc2c(c1)OCO2. The second-order valence-corrected chi connectivity index (χ2v) is 11.3. The van der Waals surface area contributed by atoms with Gasteiger partial charge in [0.05, 0.1) is 18.3 Å². The number of piperazine rings is 1. The molecule has 14 heteroatoms. The molecule has 37 heavy (non-hydrogen) atoms. The summed E-state index contributed by atoms with van der Waals surface area (Å²) in [6.07, 6.45) is 6.06. The Morgan fingerprint density at radius 2 is 2.03 bits per heavy atom. The maximum absolute atomic E-state index is 13.1. The number of carbonyl (C=O) groups excluding carboxylic acids is 1. The Morgan fingerprint density at radius 1 is 1.22 bits per heavy atom. The van der Waals surface area contributed by atoms with Crippen molar-refractivity contribution in [3.05, 3.63) is 53.7 Å². The van der Waals surface area contributed by atoms with Gasteiger partial charge < -0.3 is 19.7 Å². The van der Waals surface area contributed by atoms with Crippen LogP contribution in [0.5, 0.6) is 11.5 Å². The van der Waals surface area contributed by atoms with E-state index in [4.69, 9.17) is 21.1 Å². The second kappa shape index (κ2) is 10.1. The fraction of sp³-hybridized carbons (Fsp3) is 0.391. The average Bonchev–Trinajstić information content (AvgIpc) is 3.55. The first kappa shape index (κ1) is 25.2. The van der Waals surface area contributed by atoms with Gasteiger partial charge in [0, 0.05) is 44.5 Å². The molecule has 0 spiro atoms. The summed E-state index contributed by atoms with van der Waals surface area (Å²) in [4.78, 5) is 27.9. The van der Waals surface area contributed by atoms with Gasteiger partial charge in [-0.2, -0.15) is 9.29 Å². The number of ether oxygens (including phenoxy) is 2. The van der Waals surface area contributed by atoms with Crippen molar-refractivity contribution in [1.82, 2.24) is 29.1 Å². The summed E-state index contributed by atoms with van der Waals surface area (Å²) in [6.45, 7) is 2.76. The van der Waals surface area contributed by atoms with Gasteiger partial charge in [-0.05, 0) is 24.6 Å². The van der Waals surface area contributed by atoms with Gasteiger partial charge in [-0.1, -0.05) is 17.7 Å². The maximum Gasteiger partial charge on any atom is 0.238 e. The molecule has 3 aromatic rings. The van der Waals surface area contributed by atoms with Crippen molar-refractivity contribution in [2.45, 2.75) is 25.4 Å². The van der Waals surface area contributed by atoms with Crippen LogP contribution in [-0.2, 0) is 14.8 Å². The molecular weight excluding hydrogens is 522 g/mol. The number of nitrogens with one attached hydrogen (secondary N) is 1. The van der Waals surface area contributed by atoms with Crippen molar-refractivity contribution < 1.29 is 22.7 Å². The van der Waals surface area contributed by atoms with Crippen molar-refractivity contribution in [3.63, 3.8) is 0 Å². The van der Waals surface area contributed by atoms with Crippen LogP contribution < -0.4 is 19.7 Å². The zero-order chi connectivity index (χ0) is 26.2. The van der Waals surface area contributed by atoms with Crippen molar-refractivity contribution in [2.24, 2.45) is 0 Å². The molecule has 0 bridgehead atoms. The van der Waals surface area contributed by atoms with Crippen molar-refractivity contribution in [2.75, 3.05) is 37.6 Å². The molecule has 1 fully saturated rings. The van der Waals surface area contributed by atoms with Crippen LogP contribution in [-0.4, -0.2) is 76.9 Å². The Kier molecular flexibility index (Phi) is 6.92. The van der Waals surface area contributed by atoms with Crippen LogP contribution >= 0.6 is 11.6 Å². The number of anilines is 1. The minimum absolute atomic E-state index is 0.0446. The van der Waals surface area contributed by atoms with Gasteiger partial charge >= 0.3 is 0 Å². The summed E-state index contributed by atoms with van der Waals surface area (Å²) in [5.74, 6) is 1.89. The molecule has 2 atom stereocenters. The molecule has 2 unspecified atom stereocenters. The quantitative estimate of drug-likeness (QED) is 0.439. The molecule has 12 nitrogen and oxygen atoms in total. The molecule has 4 heterocycles. The summed E-state index contributed by atoms with van der Waals surface area (Å²) in [6, 6.07) is 6.35. The number of rotatable bonds is 7. The molecule has 0 saturated carbocycles. The van der Waals surface area contributed by atoms with E-state index in [1.54, 1.807) is 29.4 Å². The Balaban J connectivity index is 1.36. The lowest BCUT2D eigenvalue weighted by Crippen LogP contribution is -2.56. The smallest absolute Gasteiger partial charge is 0.238 e. The van der Waals surface area contributed by atoms with E-state index in [9.17, 15) is 13.2 Å². The molecule has 1 amide bonds. The normalized spacial score (nSPS) is 18.6. The summed E-state index contributed by atoms with van der Waals surface area (Å²) in [7, 11) is -3.45. The highest BCUT2D eigenvalue weighted by Gasteiger charge is 2.34. The largest absolute Gasteiger partial charge is 0.454 e. The summed E-state index contributed by atoms with van der Waals surface area (Å²) >= 11 is 6.30. The zero-order valence-electron chi connectivity index (χ0n) is 20.2. The molecule has 1 aromatic carbocycles. The molecule has 2 aromatic heterocycles. The van der Waals surface area contributed by atoms with E-state index in [0.717, 1.165) is 5.56 Å². The lowest BCUT2D eigenvalue weighted by Gasteiger charge is -2.41. The Hall–Kier alpha value is -3.42. The lowest BCUT2D eigenvalue weighted by molar-refractivity contribution is -0.122. The number of nitrogens with zero attached hydrogens (tertiary/aromatic N) is 6. The first-order chi connectivity index (χ1) is 17.7. The van der Waals surface area contributed by atoms with Gasteiger partial charge in [0.25, 0.3) is 0 Å². The van der Waals surface area contributed by atoms with Crippen molar-refractivity contribution in [3.8, 4) is 17.4 Å². The fourth-order valence-corrected chi connectivity index (χ4v) is 5.45. The van der Waals surface area contributed by atoms with E-state index in [-0.39, 0.29) is 43.4 Å². The molecule has 2 aliphatic rings. The van der Waals surface area contributed by atoms with E-state index in [2.05, 4.69) is 20.3 Å². The lowest BCUT2D eigenvalue weighted by atomic mass is 10.1.